The molecule has 2 rings (SSSR count). The van der Waals surface area contributed by atoms with Crippen LogP contribution in [0.4, 0.5) is 4.39 Å². The van der Waals surface area contributed by atoms with E-state index in [1.165, 1.54) is 30.5 Å². The predicted octanol–water partition coefficient (Wildman–Crippen LogP) is 1.01. The van der Waals surface area contributed by atoms with Gasteiger partial charge in [-0.1, -0.05) is 18.2 Å². The van der Waals surface area contributed by atoms with Gasteiger partial charge in [-0.05, 0) is 12.1 Å². The van der Waals surface area contributed by atoms with Crippen LogP contribution in [-0.2, 0) is 0 Å². The molecule has 0 saturated heterocycles. The number of carbonyl (C=O) groups is 1. The second-order valence-corrected chi connectivity index (χ2v) is 3.72. The zero-order valence-corrected chi connectivity index (χ0v) is 9.43. The van der Waals surface area contributed by atoms with Crippen molar-refractivity contribution in [3.63, 3.8) is 0 Å². The summed E-state index contributed by atoms with van der Waals surface area (Å²) in [5, 5.41) is 18.4. The van der Waals surface area contributed by atoms with Gasteiger partial charge in [-0.15, -0.1) is 0 Å². The number of H-pyrrole nitrogens is 1. The van der Waals surface area contributed by atoms with Crippen LogP contribution in [0.1, 0.15) is 22.2 Å². The topological polar surface area (TPSA) is 78.0 Å². The molecule has 0 spiro atoms. The summed E-state index contributed by atoms with van der Waals surface area (Å²) in [6.07, 6.45) is 0.362. The van der Waals surface area contributed by atoms with E-state index in [0.717, 1.165) is 0 Å². The summed E-state index contributed by atoms with van der Waals surface area (Å²) in [5.74, 6) is -0.899. The highest BCUT2D eigenvalue weighted by Crippen LogP contribution is 2.15. The summed E-state index contributed by atoms with van der Waals surface area (Å²) in [7, 11) is 0. The number of nitrogens with one attached hydrogen (secondary N) is 2. The zero-order chi connectivity index (χ0) is 13.0. The van der Waals surface area contributed by atoms with E-state index in [-0.39, 0.29) is 17.8 Å². The third kappa shape index (κ3) is 2.72. The number of aliphatic hydroxyl groups excluding tert-OH is 1. The lowest BCUT2D eigenvalue weighted by molar-refractivity contribution is 0.0909. The second kappa shape index (κ2) is 5.42. The Labute approximate surface area is 103 Å². The van der Waals surface area contributed by atoms with Crippen LogP contribution in [0.2, 0.25) is 0 Å². The molecule has 1 heterocycles. The van der Waals surface area contributed by atoms with E-state index >= 15 is 0 Å². The quantitative estimate of drug-likeness (QED) is 0.756. The Balaban J connectivity index is 1.95. The van der Waals surface area contributed by atoms with E-state index in [1.54, 1.807) is 6.07 Å². The Hall–Kier alpha value is -2.21. The molecule has 94 valence electrons. The van der Waals surface area contributed by atoms with Gasteiger partial charge in [0, 0.05) is 18.3 Å². The maximum Gasteiger partial charge on any atom is 0.269 e. The lowest BCUT2D eigenvalue weighted by atomic mass is 10.1. The summed E-state index contributed by atoms with van der Waals surface area (Å²) in [4.78, 5) is 11.5. The first-order valence-corrected chi connectivity index (χ1v) is 5.38. The van der Waals surface area contributed by atoms with Gasteiger partial charge in [-0.25, -0.2) is 4.39 Å². The summed E-state index contributed by atoms with van der Waals surface area (Å²) >= 11 is 0. The molecule has 2 aromatic rings. The number of hydrogen-bond donors (Lipinski definition) is 3. The average Bonchev–Trinajstić information content (AvgIpc) is 2.90. The van der Waals surface area contributed by atoms with E-state index in [0.29, 0.717) is 0 Å². The molecular formula is C12H12FN3O2. The minimum absolute atomic E-state index is 0.0706. The van der Waals surface area contributed by atoms with Gasteiger partial charge in [0.25, 0.3) is 5.91 Å². The Morgan fingerprint density at radius 3 is 2.89 bits per heavy atom. The minimum atomic E-state index is -1.09. The van der Waals surface area contributed by atoms with Crippen molar-refractivity contribution in [1.82, 2.24) is 15.5 Å². The predicted molar refractivity (Wildman–Crippen MR) is 62.3 cm³/mol. The van der Waals surface area contributed by atoms with Crippen molar-refractivity contribution in [2.24, 2.45) is 0 Å². The fourth-order valence-corrected chi connectivity index (χ4v) is 1.52. The van der Waals surface area contributed by atoms with Crippen LogP contribution >= 0.6 is 0 Å². The number of benzene rings is 1. The van der Waals surface area contributed by atoms with Crippen LogP contribution in [-0.4, -0.2) is 27.8 Å². The van der Waals surface area contributed by atoms with Crippen LogP contribution in [0.5, 0.6) is 0 Å². The average molecular weight is 249 g/mol. The van der Waals surface area contributed by atoms with E-state index in [9.17, 15) is 14.3 Å². The molecule has 1 amide bonds. The first kappa shape index (κ1) is 12.3. The number of aliphatic hydroxyl groups is 1. The SMILES string of the molecule is O=C(NCC(O)c1ccccc1F)c1ccn[nH]1. The molecule has 1 aromatic heterocycles. The van der Waals surface area contributed by atoms with Crippen LogP contribution < -0.4 is 5.32 Å². The number of carbonyl (C=O) groups excluding carboxylic acids is 1. The van der Waals surface area contributed by atoms with Crippen LogP contribution in [0.15, 0.2) is 36.5 Å². The molecule has 0 saturated carbocycles. The van der Waals surface area contributed by atoms with Gasteiger partial charge >= 0.3 is 0 Å². The van der Waals surface area contributed by atoms with Crippen LogP contribution in [0, 0.1) is 5.82 Å². The third-order valence-electron chi connectivity index (χ3n) is 2.47. The van der Waals surface area contributed by atoms with Crippen molar-refractivity contribution >= 4 is 5.91 Å². The number of amides is 1. The van der Waals surface area contributed by atoms with Gasteiger partial charge in [-0.3, -0.25) is 9.89 Å². The number of hydrogen-bond acceptors (Lipinski definition) is 3. The summed E-state index contributed by atoms with van der Waals surface area (Å²) in [5.41, 5.74) is 0.443. The molecule has 1 atom stereocenters. The van der Waals surface area contributed by atoms with E-state index in [2.05, 4.69) is 15.5 Å². The molecule has 0 bridgehead atoms. The number of halogens is 1. The largest absolute Gasteiger partial charge is 0.386 e. The van der Waals surface area contributed by atoms with E-state index < -0.39 is 17.8 Å². The smallest absolute Gasteiger partial charge is 0.269 e. The summed E-state index contributed by atoms with van der Waals surface area (Å²) in [6.45, 7) is -0.0706. The molecule has 1 unspecified atom stereocenters. The molecule has 0 fully saturated rings. The van der Waals surface area contributed by atoms with Crippen LogP contribution in [0.3, 0.4) is 0 Å². The molecule has 18 heavy (non-hydrogen) atoms. The summed E-state index contributed by atoms with van der Waals surface area (Å²) in [6, 6.07) is 7.40. The number of aromatic nitrogens is 2. The Morgan fingerprint density at radius 2 is 2.22 bits per heavy atom. The van der Waals surface area contributed by atoms with Crippen molar-refractivity contribution < 1.29 is 14.3 Å². The molecule has 5 nitrogen and oxygen atoms in total. The Morgan fingerprint density at radius 1 is 1.44 bits per heavy atom. The second-order valence-electron chi connectivity index (χ2n) is 3.72. The lowest BCUT2D eigenvalue weighted by Gasteiger charge is -2.12. The van der Waals surface area contributed by atoms with Gasteiger partial charge in [0.2, 0.25) is 0 Å². The normalized spacial score (nSPS) is 12.1. The van der Waals surface area contributed by atoms with Crippen molar-refractivity contribution in [3.8, 4) is 0 Å². The highest BCUT2D eigenvalue weighted by molar-refractivity contribution is 5.92. The molecule has 1 aromatic carbocycles. The highest BCUT2D eigenvalue weighted by atomic mass is 19.1. The maximum absolute atomic E-state index is 13.3. The molecule has 0 radical (unpaired) electrons. The summed E-state index contributed by atoms with van der Waals surface area (Å²) < 4.78 is 13.3. The van der Waals surface area contributed by atoms with Crippen molar-refractivity contribution in [2.75, 3.05) is 6.54 Å². The zero-order valence-electron chi connectivity index (χ0n) is 9.43. The Bertz CT molecular complexity index is 528. The first-order chi connectivity index (χ1) is 8.68. The third-order valence-corrected chi connectivity index (χ3v) is 2.47. The standard InChI is InChI=1S/C12H12FN3O2/c13-9-4-2-1-3-8(9)11(17)7-14-12(18)10-5-6-15-16-10/h1-6,11,17H,7H2,(H,14,18)(H,15,16). The Kier molecular flexibility index (Phi) is 3.69. The number of rotatable bonds is 4. The molecular weight excluding hydrogens is 237 g/mol. The van der Waals surface area contributed by atoms with Gasteiger partial charge in [0.15, 0.2) is 0 Å². The number of nitrogens with zero attached hydrogens (tertiary/aromatic N) is 1. The fraction of sp³-hybridized carbons (Fsp3) is 0.167. The van der Waals surface area contributed by atoms with Crippen molar-refractivity contribution in [2.45, 2.75) is 6.10 Å². The molecule has 0 aliphatic heterocycles. The molecule has 6 heteroatoms. The first-order valence-electron chi connectivity index (χ1n) is 5.38. The maximum atomic E-state index is 13.3. The van der Waals surface area contributed by atoms with Gasteiger partial charge < -0.3 is 10.4 Å². The highest BCUT2D eigenvalue weighted by Gasteiger charge is 2.14. The molecule has 0 aliphatic carbocycles. The van der Waals surface area contributed by atoms with Crippen molar-refractivity contribution in [1.29, 1.82) is 0 Å². The van der Waals surface area contributed by atoms with Gasteiger partial charge in [0.05, 0.1) is 6.10 Å². The van der Waals surface area contributed by atoms with E-state index in [1.807, 2.05) is 0 Å². The monoisotopic (exact) mass is 249 g/mol. The van der Waals surface area contributed by atoms with Crippen molar-refractivity contribution in [3.05, 3.63) is 53.6 Å². The fourth-order valence-electron chi connectivity index (χ4n) is 1.52. The lowest BCUT2D eigenvalue weighted by Crippen LogP contribution is -2.29. The number of aromatic amines is 1. The minimum Gasteiger partial charge on any atom is -0.386 e. The molecule has 0 aliphatic rings. The van der Waals surface area contributed by atoms with E-state index in [4.69, 9.17) is 0 Å². The molecule has 3 N–H and O–H groups in total. The van der Waals surface area contributed by atoms with Gasteiger partial charge in [0.1, 0.15) is 11.5 Å². The van der Waals surface area contributed by atoms with Gasteiger partial charge in [-0.2, -0.15) is 5.10 Å². The van der Waals surface area contributed by atoms with Crippen LogP contribution in [0.25, 0.3) is 0 Å².